The third-order valence-corrected chi connectivity index (χ3v) is 4.31. The molecule has 0 aliphatic carbocycles. The van der Waals surface area contributed by atoms with Gasteiger partial charge in [-0.15, -0.1) is 0 Å². The maximum absolute atomic E-state index is 12.6. The molecule has 0 atom stereocenters. The van der Waals surface area contributed by atoms with Crippen molar-refractivity contribution in [2.45, 2.75) is 12.8 Å². The highest BCUT2D eigenvalue weighted by molar-refractivity contribution is 5.94. The number of carbonyl (C=O) groups excluding carboxylic acids is 1. The third-order valence-electron chi connectivity index (χ3n) is 4.31. The van der Waals surface area contributed by atoms with Crippen molar-refractivity contribution >= 4 is 5.91 Å². The Kier molecular flexibility index (Phi) is 4.53. The normalized spacial score (nSPS) is 16.0. The van der Waals surface area contributed by atoms with Gasteiger partial charge in [0, 0.05) is 36.7 Å². The molecule has 0 saturated carbocycles. The van der Waals surface area contributed by atoms with Crippen LogP contribution in [0.25, 0.3) is 5.69 Å². The number of piperidine rings is 1. The van der Waals surface area contributed by atoms with Crippen LogP contribution in [-0.2, 0) is 0 Å². The summed E-state index contributed by atoms with van der Waals surface area (Å²) in [7, 11) is 1.99. The summed E-state index contributed by atoms with van der Waals surface area (Å²) in [6, 6.07) is 7.72. The van der Waals surface area contributed by atoms with Crippen molar-refractivity contribution in [2.75, 3.05) is 26.7 Å². The van der Waals surface area contributed by atoms with E-state index in [0.29, 0.717) is 5.92 Å². The lowest BCUT2D eigenvalue weighted by molar-refractivity contribution is 0.0691. The van der Waals surface area contributed by atoms with Crippen LogP contribution in [0.4, 0.5) is 0 Å². The van der Waals surface area contributed by atoms with Crippen LogP contribution in [0.1, 0.15) is 23.2 Å². The van der Waals surface area contributed by atoms with Gasteiger partial charge in [0.1, 0.15) is 0 Å². The van der Waals surface area contributed by atoms with Crippen molar-refractivity contribution in [3.63, 3.8) is 0 Å². The minimum absolute atomic E-state index is 0.139. The summed E-state index contributed by atoms with van der Waals surface area (Å²) in [5.41, 5.74) is 1.78. The molecule has 2 aromatic rings. The van der Waals surface area contributed by atoms with E-state index >= 15 is 0 Å². The fourth-order valence-corrected chi connectivity index (χ4v) is 3.00. The third kappa shape index (κ3) is 3.20. The maximum atomic E-state index is 12.6. The topological polar surface area (TPSA) is 50.2 Å². The maximum Gasteiger partial charge on any atom is 0.253 e. The summed E-state index contributed by atoms with van der Waals surface area (Å²) in [6.07, 6.45) is 7.56. The molecular weight excluding hydrogens is 276 g/mol. The number of hydrogen-bond acceptors (Lipinski definition) is 3. The number of likely N-dealkylation sites (tertiary alicyclic amines) is 1. The molecule has 0 radical (unpaired) electrons. The second kappa shape index (κ2) is 6.75. The Hall–Kier alpha value is -2.14. The van der Waals surface area contributed by atoms with Gasteiger partial charge in [-0.2, -0.15) is 0 Å². The monoisotopic (exact) mass is 298 g/mol. The van der Waals surface area contributed by atoms with Crippen molar-refractivity contribution in [1.29, 1.82) is 0 Å². The molecule has 1 aliphatic rings. The second-order valence-corrected chi connectivity index (χ2v) is 5.81. The van der Waals surface area contributed by atoms with Gasteiger partial charge in [-0.3, -0.25) is 4.79 Å². The van der Waals surface area contributed by atoms with Crippen molar-refractivity contribution in [1.82, 2.24) is 19.8 Å². The molecule has 2 heterocycles. The first-order valence-corrected chi connectivity index (χ1v) is 7.80. The van der Waals surface area contributed by atoms with Crippen molar-refractivity contribution < 1.29 is 4.79 Å². The highest BCUT2D eigenvalue weighted by Gasteiger charge is 2.23. The number of nitrogens with one attached hydrogen (secondary N) is 1. The van der Waals surface area contributed by atoms with Crippen LogP contribution >= 0.6 is 0 Å². The van der Waals surface area contributed by atoms with Crippen molar-refractivity contribution in [3.05, 3.63) is 48.5 Å². The van der Waals surface area contributed by atoms with E-state index in [1.165, 1.54) is 0 Å². The van der Waals surface area contributed by atoms with Gasteiger partial charge in [0.15, 0.2) is 0 Å². The predicted molar refractivity (Wildman–Crippen MR) is 86.1 cm³/mol. The molecule has 1 aromatic heterocycles. The first-order valence-electron chi connectivity index (χ1n) is 7.80. The van der Waals surface area contributed by atoms with E-state index in [9.17, 15) is 4.79 Å². The molecule has 116 valence electrons. The zero-order valence-corrected chi connectivity index (χ0v) is 12.9. The molecule has 1 aliphatic heterocycles. The number of imidazole rings is 1. The number of nitrogens with zero attached hydrogens (tertiary/aromatic N) is 3. The summed E-state index contributed by atoms with van der Waals surface area (Å²) in [6.45, 7) is 2.75. The summed E-state index contributed by atoms with van der Waals surface area (Å²) in [5, 5.41) is 3.22. The average molecular weight is 298 g/mol. The number of hydrogen-bond donors (Lipinski definition) is 1. The van der Waals surface area contributed by atoms with Gasteiger partial charge in [-0.05, 0) is 56.6 Å². The van der Waals surface area contributed by atoms with Gasteiger partial charge in [0.25, 0.3) is 5.91 Å². The van der Waals surface area contributed by atoms with Gasteiger partial charge in [0.05, 0.1) is 6.33 Å². The molecule has 1 saturated heterocycles. The molecule has 3 rings (SSSR count). The van der Waals surface area contributed by atoms with Crippen LogP contribution in [-0.4, -0.2) is 47.0 Å². The van der Waals surface area contributed by atoms with Gasteiger partial charge in [0.2, 0.25) is 0 Å². The van der Waals surface area contributed by atoms with E-state index < -0.39 is 0 Å². The Balaban J connectivity index is 1.63. The molecule has 1 amide bonds. The molecule has 5 heteroatoms. The van der Waals surface area contributed by atoms with Crippen LogP contribution in [0, 0.1) is 5.92 Å². The molecule has 0 bridgehead atoms. The van der Waals surface area contributed by atoms with E-state index in [1.54, 1.807) is 12.5 Å². The van der Waals surface area contributed by atoms with Crippen molar-refractivity contribution in [3.8, 4) is 5.69 Å². The van der Waals surface area contributed by atoms with Crippen molar-refractivity contribution in [2.24, 2.45) is 5.92 Å². The number of aromatic nitrogens is 2. The molecule has 1 N–H and O–H groups in total. The summed E-state index contributed by atoms with van der Waals surface area (Å²) < 4.78 is 1.93. The van der Waals surface area contributed by atoms with Gasteiger partial charge in [-0.25, -0.2) is 4.98 Å². The summed E-state index contributed by atoms with van der Waals surface area (Å²) >= 11 is 0. The Morgan fingerprint density at radius 2 is 2.00 bits per heavy atom. The van der Waals surface area contributed by atoms with Gasteiger partial charge >= 0.3 is 0 Å². The first kappa shape index (κ1) is 14.8. The molecule has 1 aromatic carbocycles. The minimum Gasteiger partial charge on any atom is -0.339 e. The lowest BCUT2D eigenvalue weighted by atomic mass is 9.96. The number of rotatable bonds is 4. The van der Waals surface area contributed by atoms with Crippen LogP contribution in [0.2, 0.25) is 0 Å². The number of amides is 1. The lowest BCUT2D eigenvalue weighted by Crippen LogP contribution is -2.40. The molecule has 5 nitrogen and oxygen atoms in total. The summed E-state index contributed by atoms with van der Waals surface area (Å²) in [5.74, 6) is 0.831. The zero-order chi connectivity index (χ0) is 15.4. The highest BCUT2D eigenvalue weighted by atomic mass is 16.2. The van der Waals surface area contributed by atoms with Gasteiger partial charge < -0.3 is 14.8 Å². The van der Waals surface area contributed by atoms with E-state index in [4.69, 9.17) is 0 Å². The summed E-state index contributed by atoms with van der Waals surface area (Å²) in [4.78, 5) is 18.6. The average Bonchev–Trinajstić information content (AvgIpc) is 3.10. The van der Waals surface area contributed by atoms with E-state index in [0.717, 1.165) is 43.7 Å². The minimum atomic E-state index is 0.139. The fourth-order valence-electron chi connectivity index (χ4n) is 3.00. The Morgan fingerprint density at radius 1 is 1.27 bits per heavy atom. The smallest absolute Gasteiger partial charge is 0.253 e. The predicted octanol–water partition coefficient (Wildman–Crippen LogP) is 1.94. The Bertz CT molecular complexity index is 598. The Morgan fingerprint density at radius 3 is 2.59 bits per heavy atom. The molecule has 0 spiro atoms. The second-order valence-electron chi connectivity index (χ2n) is 5.81. The standard InChI is InChI=1S/C17H22N4O/c1-18-12-14-6-9-20(10-7-14)17(22)15-2-4-16(5-3-15)21-11-8-19-13-21/h2-5,8,11,13-14,18H,6-7,9-10,12H2,1H3. The zero-order valence-electron chi connectivity index (χ0n) is 12.9. The fraction of sp³-hybridized carbons (Fsp3) is 0.412. The van der Waals surface area contributed by atoms with Crippen LogP contribution in [0.3, 0.4) is 0 Å². The molecule has 22 heavy (non-hydrogen) atoms. The van der Waals surface area contributed by atoms with Crippen LogP contribution < -0.4 is 5.32 Å². The van der Waals surface area contributed by atoms with Crippen LogP contribution in [0.5, 0.6) is 0 Å². The van der Waals surface area contributed by atoms with Crippen LogP contribution in [0.15, 0.2) is 43.0 Å². The first-order chi connectivity index (χ1) is 10.8. The molecule has 1 fully saturated rings. The van der Waals surface area contributed by atoms with E-state index in [2.05, 4.69) is 10.3 Å². The highest BCUT2D eigenvalue weighted by Crippen LogP contribution is 2.19. The van der Waals surface area contributed by atoms with Gasteiger partial charge in [-0.1, -0.05) is 0 Å². The largest absolute Gasteiger partial charge is 0.339 e. The Labute approximate surface area is 131 Å². The lowest BCUT2D eigenvalue weighted by Gasteiger charge is -2.32. The molecule has 0 unspecified atom stereocenters. The number of carbonyl (C=O) groups is 1. The quantitative estimate of drug-likeness (QED) is 0.938. The van der Waals surface area contributed by atoms with E-state index in [-0.39, 0.29) is 5.91 Å². The SMILES string of the molecule is CNCC1CCN(C(=O)c2ccc(-n3ccnc3)cc2)CC1. The number of benzene rings is 1. The molecular formula is C17H22N4O. The van der Waals surface area contributed by atoms with E-state index in [1.807, 2.05) is 47.0 Å².